The first-order chi connectivity index (χ1) is 17.6. The van der Waals surface area contributed by atoms with Crippen molar-refractivity contribution in [2.24, 2.45) is 0 Å². The Morgan fingerprint density at radius 1 is 0.342 bits per heavy atom. The van der Waals surface area contributed by atoms with Crippen LogP contribution < -0.4 is 0 Å². The van der Waals surface area contributed by atoms with Crippen molar-refractivity contribution in [1.29, 1.82) is 0 Å². The van der Waals surface area contributed by atoms with Crippen LogP contribution in [0.15, 0.2) is 0 Å². The van der Waals surface area contributed by atoms with Gasteiger partial charge in [-0.05, 0) is 0 Å². The van der Waals surface area contributed by atoms with Crippen molar-refractivity contribution in [3.8, 4) is 0 Å². The summed E-state index contributed by atoms with van der Waals surface area (Å²) in [6, 6.07) is 0. The minimum atomic E-state index is -0.479. The second-order valence-electron chi connectivity index (χ2n) is 8.62. The standard InChI is InChI=1S/C3H10As.5C2H7As.13CH3.6Ga/c1-4(2)3;5*1-3-2;;;;;;;;;;;;;;;;;;;/h4H,1-3H3;5*3H,1-2H3;13*1H3;;;;;;. The molecule has 0 aromatic heterocycles. The molecule has 0 atom stereocenters. The van der Waals surface area contributed by atoms with Gasteiger partial charge in [-0.1, -0.05) is 0 Å². The van der Waals surface area contributed by atoms with Crippen molar-refractivity contribution in [2.75, 3.05) is 0 Å². The fraction of sp³-hybridized carbons (Fsp3) is 1.00. The van der Waals surface area contributed by atoms with E-state index in [0.29, 0.717) is 166 Å². The molecule has 0 aliphatic carbocycles. The summed E-state index contributed by atoms with van der Waals surface area (Å²) in [4.78, 5) is 0. The normalized spacial score (nSPS) is 5.87. The molecule has 0 aliphatic heterocycles. The Hall–Kier alpha value is 7.17. The fourth-order valence-corrected chi connectivity index (χ4v) is 0. The average Bonchev–Trinajstić information content (AvgIpc) is 2.73. The van der Waals surface area contributed by atoms with Crippen LogP contribution in [0.4, 0.5) is 0 Å². The maximum absolute atomic E-state index is 2.35. The Morgan fingerprint density at radius 3 is 0.342 bits per heavy atom. The summed E-state index contributed by atoms with van der Waals surface area (Å²) in [5, 5.41) is 0. The first-order valence-electron chi connectivity index (χ1n) is 14.0. The van der Waals surface area contributed by atoms with Crippen LogP contribution >= 0.6 is 0 Å². The van der Waals surface area contributed by atoms with Crippen LogP contribution in [-0.2, 0) is 0 Å². The van der Waals surface area contributed by atoms with Gasteiger partial charge in [0, 0.05) is 0 Å². The van der Waals surface area contributed by atoms with E-state index in [0.717, 1.165) is 0 Å². The van der Waals surface area contributed by atoms with Crippen LogP contribution in [0.1, 0.15) is 0 Å². The van der Waals surface area contributed by atoms with Crippen molar-refractivity contribution < 1.29 is 0 Å². The molecule has 6 radical (unpaired) electrons. The first-order valence-corrected chi connectivity index (χ1v) is 72.8. The van der Waals surface area contributed by atoms with Gasteiger partial charge >= 0.3 is 342 Å². The van der Waals surface area contributed by atoms with Gasteiger partial charge in [0.1, 0.15) is 0 Å². The van der Waals surface area contributed by atoms with E-state index in [2.05, 4.69) is 145 Å². The third-order valence-corrected chi connectivity index (χ3v) is 0. The molecule has 0 unspecified atom stereocenters. The fourth-order valence-electron chi connectivity index (χ4n) is 0. The van der Waals surface area contributed by atoms with Gasteiger partial charge in [-0.2, -0.15) is 0 Å². The van der Waals surface area contributed by atoms with E-state index < -0.39 is 16.2 Å². The summed E-state index contributed by atoms with van der Waals surface area (Å²) in [5.41, 5.74) is 59.4. The van der Waals surface area contributed by atoms with E-state index in [1.807, 2.05) is 0 Å². The zero-order valence-corrected chi connectivity index (χ0v) is 59.6. The monoisotopic (exact) mass is 1260 g/mol. The summed E-state index contributed by atoms with van der Waals surface area (Å²) in [7, 11) is 0. The Labute approximate surface area is 335 Å². The second kappa shape index (κ2) is 153. The Morgan fingerprint density at radius 2 is 0.342 bits per heavy atom. The van der Waals surface area contributed by atoms with Crippen LogP contribution in [0.25, 0.3) is 0 Å². The molecule has 12 heteroatoms. The molecule has 0 heterocycles. The quantitative estimate of drug-likeness (QED) is 0.213. The van der Waals surface area contributed by atoms with Gasteiger partial charge in [-0.15, -0.1) is 0 Å². The molecule has 0 spiro atoms. The Kier molecular flexibility index (Phi) is 323. The van der Waals surface area contributed by atoms with E-state index in [-0.39, 0.29) is 14.7 Å². The zero-order chi connectivity index (χ0) is 34.2. The van der Waals surface area contributed by atoms with Gasteiger partial charge < -0.3 is 0 Å². The predicted molar refractivity (Wildman–Crippen MR) is 230 cm³/mol. The van der Waals surface area contributed by atoms with Gasteiger partial charge in [0.2, 0.25) is 0 Å². The Bertz CT molecular complexity index is 125. The van der Waals surface area contributed by atoms with Crippen LogP contribution in [0.2, 0.25) is 145 Å². The van der Waals surface area contributed by atoms with Crippen molar-refractivity contribution in [3.05, 3.63) is 0 Å². The molecule has 0 aliphatic rings. The summed E-state index contributed by atoms with van der Waals surface area (Å²) >= 11 is 3.25. The number of rotatable bonds is 0. The molecule has 0 bridgehead atoms. The summed E-state index contributed by atoms with van der Waals surface area (Å²) in [5.74, 6) is 0. The molecule has 0 amide bonds. The van der Waals surface area contributed by atoms with Gasteiger partial charge in [-0.25, -0.2) is 0 Å². The molecule has 38 heavy (non-hydrogen) atoms. The number of hydrogen-bond donors (Lipinski definition) is 0. The van der Waals surface area contributed by atoms with Crippen LogP contribution in [0, 0.1) is 0 Å². The van der Waals surface area contributed by atoms with Crippen LogP contribution in [-0.4, -0.2) is 197 Å². The predicted octanol–water partition coefficient (Wildman–Crippen LogP) is 9.00. The molecule has 236 valence electrons. The Balaban J connectivity index is -0.0000000194. The molecular weight excluding hydrogens is 1180 g/mol. The molecule has 0 rings (SSSR count). The van der Waals surface area contributed by atoms with Gasteiger partial charge in [-0.3, -0.25) is 0 Å². The molecule has 0 nitrogen and oxygen atoms in total. The van der Waals surface area contributed by atoms with Gasteiger partial charge in [0.15, 0.2) is 0 Å². The van der Waals surface area contributed by atoms with Gasteiger partial charge in [0.25, 0.3) is 0 Å². The molecule has 0 saturated carbocycles. The summed E-state index contributed by atoms with van der Waals surface area (Å²) in [6.45, 7) is 0. The van der Waals surface area contributed by atoms with Crippen molar-refractivity contribution >= 4 is 197 Å². The molecule has 0 N–H and O–H groups in total. The molecule has 0 aromatic carbocycles. The minimum absolute atomic E-state index is 0.312. The van der Waals surface area contributed by atoms with E-state index in [4.69, 9.17) is 0 Å². The topological polar surface area (TPSA) is 0 Å². The van der Waals surface area contributed by atoms with E-state index in [1.165, 1.54) is 0 Å². The number of hydrogen-bond acceptors (Lipinski definition) is 0. The second-order valence-corrected chi connectivity index (χ2v) is 44.8. The third kappa shape index (κ3) is 1490. The van der Waals surface area contributed by atoms with Crippen LogP contribution in [0.5, 0.6) is 0 Å². The summed E-state index contributed by atoms with van der Waals surface area (Å²) < 4.78 is 0. The third-order valence-electron chi connectivity index (χ3n) is 0. The maximum atomic E-state index is 2.35. The van der Waals surface area contributed by atoms with Crippen molar-refractivity contribution in [3.63, 3.8) is 0 Å². The van der Waals surface area contributed by atoms with E-state index in [1.54, 1.807) is 0 Å². The molecule has 0 fully saturated rings. The van der Waals surface area contributed by atoms with Crippen molar-refractivity contribution in [1.82, 2.24) is 0 Å². The zero-order valence-electron chi connectivity index (χ0n) is 32.5. The first kappa shape index (κ1) is 80.1. The van der Waals surface area contributed by atoms with Crippen LogP contribution in [0.3, 0.4) is 0 Å². The van der Waals surface area contributed by atoms with Gasteiger partial charge in [0.05, 0.1) is 0 Å². The van der Waals surface area contributed by atoms with E-state index in [9.17, 15) is 0 Å². The van der Waals surface area contributed by atoms with E-state index >= 15 is 0 Å². The molecule has 0 aromatic rings. The SMILES string of the molecule is C[AsH](C)C.C[AsH]C.C[AsH]C.C[AsH]C.C[AsH]C.C[AsH]C.[CH3][Ga]([CH3])[CH3].[CH3][Ga][CH3].[CH3][Ga][CH3].[CH3][Ga][CH3].[CH3][Ga][CH3].[CH3][Ga][CH3]. The average molecular weight is 1260 g/mol. The summed E-state index contributed by atoms with van der Waals surface area (Å²) in [6.07, 6.45) is 0. The molecular formula is C26H84As6Ga6. The van der Waals surface area contributed by atoms with Crippen molar-refractivity contribution in [2.45, 2.75) is 145 Å². The molecule has 0 saturated heterocycles.